The minimum Gasteiger partial charge on any atom is -0.497 e. The van der Waals surface area contributed by atoms with Crippen molar-refractivity contribution in [2.24, 2.45) is 0 Å². The van der Waals surface area contributed by atoms with Crippen LogP contribution in [0.5, 0.6) is 5.75 Å². The fourth-order valence-corrected chi connectivity index (χ4v) is 3.23. The van der Waals surface area contributed by atoms with Gasteiger partial charge in [0.25, 0.3) is 5.91 Å². The molecule has 1 aromatic carbocycles. The van der Waals surface area contributed by atoms with Crippen LogP contribution in [0.3, 0.4) is 0 Å². The molecule has 1 aromatic heterocycles. The highest BCUT2D eigenvalue weighted by Gasteiger charge is 2.17. The lowest BCUT2D eigenvalue weighted by Gasteiger charge is -2.16. The van der Waals surface area contributed by atoms with Crippen LogP contribution < -0.4 is 4.74 Å². The number of nitrogens with zero attached hydrogens (tertiary/aromatic N) is 3. The third-order valence-corrected chi connectivity index (χ3v) is 4.90. The van der Waals surface area contributed by atoms with Crippen molar-refractivity contribution < 1.29 is 19.1 Å². The Bertz CT molecular complexity index is 981. The average molecular weight is 409 g/mol. The summed E-state index contributed by atoms with van der Waals surface area (Å²) in [6, 6.07) is 11.6. The molecule has 0 atom stereocenters. The zero-order valence-electron chi connectivity index (χ0n) is 18.1. The minimum absolute atomic E-state index is 0.0468. The number of carbonyl (C=O) groups is 2. The van der Waals surface area contributed by atoms with Gasteiger partial charge < -0.3 is 18.9 Å². The summed E-state index contributed by atoms with van der Waals surface area (Å²) in [7, 11) is 4.57. The second kappa shape index (κ2) is 10.3. The van der Waals surface area contributed by atoms with Crippen molar-refractivity contribution >= 4 is 18.0 Å². The van der Waals surface area contributed by atoms with Gasteiger partial charge in [0.15, 0.2) is 0 Å². The molecule has 2 aromatic rings. The molecule has 0 unspecified atom stereocenters. The molecular weight excluding hydrogens is 382 g/mol. The zero-order chi connectivity index (χ0) is 22.3. The second-order valence-electron chi connectivity index (χ2n) is 6.94. The van der Waals surface area contributed by atoms with Gasteiger partial charge in [-0.2, -0.15) is 5.26 Å². The van der Waals surface area contributed by atoms with E-state index in [4.69, 9.17) is 4.74 Å². The smallest absolute Gasteiger partial charge is 0.305 e. The standard InChI is InChI=1S/C23H27N3O4/c1-16-13-18(17(2)26(16)20-8-10-21(29-4)11-9-20)14-19(15-24)23(28)25(3)12-6-7-22(27)30-5/h8-11,13-14H,6-7,12H2,1-5H3/b19-14+. The normalized spacial score (nSPS) is 11.0. The van der Waals surface area contributed by atoms with E-state index in [2.05, 4.69) is 9.30 Å². The summed E-state index contributed by atoms with van der Waals surface area (Å²) in [5, 5.41) is 9.54. The van der Waals surface area contributed by atoms with Crippen LogP contribution in [-0.2, 0) is 14.3 Å². The van der Waals surface area contributed by atoms with E-state index in [1.807, 2.05) is 50.2 Å². The summed E-state index contributed by atoms with van der Waals surface area (Å²) in [5.74, 6) is 0.0726. The van der Waals surface area contributed by atoms with Crippen LogP contribution in [0.1, 0.15) is 29.8 Å². The molecule has 0 bridgehead atoms. The van der Waals surface area contributed by atoms with Crippen LogP contribution in [0, 0.1) is 25.2 Å². The van der Waals surface area contributed by atoms with E-state index in [1.54, 1.807) is 20.2 Å². The first-order valence-electron chi connectivity index (χ1n) is 9.59. The first kappa shape index (κ1) is 22.8. The number of hydrogen-bond acceptors (Lipinski definition) is 5. The van der Waals surface area contributed by atoms with Crippen LogP contribution >= 0.6 is 0 Å². The number of nitriles is 1. The van der Waals surface area contributed by atoms with Crippen LogP contribution in [0.4, 0.5) is 0 Å². The highest BCUT2D eigenvalue weighted by atomic mass is 16.5. The summed E-state index contributed by atoms with van der Waals surface area (Å²) < 4.78 is 11.9. The predicted octanol–water partition coefficient (Wildman–Crippen LogP) is 3.42. The highest BCUT2D eigenvalue weighted by Crippen LogP contribution is 2.24. The molecule has 0 aliphatic heterocycles. The number of carbonyl (C=O) groups excluding carboxylic acids is 2. The Morgan fingerprint density at radius 3 is 2.43 bits per heavy atom. The van der Waals surface area contributed by atoms with Gasteiger partial charge in [-0.1, -0.05) is 0 Å². The topological polar surface area (TPSA) is 84.6 Å². The monoisotopic (exact) mass is 409 g/mol. The van der Waals surface area contributed by atoms with Gasteiger partial charge in [0, 0.05) is 37.1 Å². The van der Waals surface area contributed by atoms with Gasteiger partial charge >= 0.3 is 5.97 Å². The van der Waals surface area contributed by atoms with E-state index in [0.29, 0.717) is 13.0 Å². The first-order valence-corrected chi connectivity index (χ1v) is 9.59. The largest absolute Gasteiger partial charge is 0.497 e. The number of hydrogen-bond donors (Lipinski definition) is 0. The van der Waals surface area contributed by atoms with Crippen molar-refractivity contribution in [1.29, 1.82) is 5.26 Å². The Balaban J connectivity index is 2.24. The average Bonchev–Trinajstić information content (AvgIpc) is 3.03. The summed E-state index contributed by atoms with van der Waals surface area (Å²) in [4.78, 5) is 25.3. The Kier molecular flexibility index (Phi) is 7.82. The van der Waals surface area contributed by atoms with Crippen LogP contribution in [0.15, 0.2) is 35.9 Å². The lowest BCUT2D eigenvalue weighted by Crippen LogP contribution is -2.29. The molecule has 0 N–H and O–H groups in total. The molecule has 2 rings (SSSR count). The molecule has 7 nitrogen and oxygen atoms in total. The minimum atomic E-state index is -0.378. The molecule has 7 heteroatoms. The number of benzene rings is 1. The molecule has 0 saturated carbocycles. The molecule has 0 aliphatic carbocycles. The number of aryl methyl sites for hydroxylation is 1. The number of ether oxygens (including phenoxy) is 2. The van der Waals surface area contributed by atoms with Gasteiger partial charge in [-0.15, -0.1) is 0 Å². The number of aromatic nitrogens is 1. The summed E-state index contributed by atoms with van der Waals surface area (Å²) in [6.07, 6.45) is 2.31. The van der Waals surface area contributed by atoms with E-state index in [9.17, 15) is 14.9 Å². The predicted molar refractivity (Wildman–Crippen MR) is 114 cm³/mol. The molecule has 1 amide bonds. The highest BCUT2D eigenvalue weighted by molar-refractivity contribution is 6.01. The third-order valence-electron chi connectivity index (χ3n) is 4.90. The van der Waals surface area contributed by atoms with Gasteiger partial charge in [-0.3, -0.25) is 9.59 Å². The first-order chi connectivity index (χ1) is 14.3. The van der Waals surface area contributed by atoms with Gasteiger partial charge in [-0.05, 0) is 62.2 Å². The van der Waals surface area contributed by atoms with E-state index >= 15 is 0 Å². The van der Waals surface area contributed by atoms with Crippen molar-refractivity contribution in [3.05, 3.63) is 52.9 Å². The van der Waals surface area contributed by atoms with Gasteiger partial charge in [-0.25, -0.2) is 0 Å². The lowest BCUT2D eigenvalue weighted by atomic mass is 10.1. The number of methoxy groups -OCH3 is 2. The molecule has 1 heterocycles. The fourth-order valence-electron chi connectivity index (χ4n) is 3.23. The van der Waals surface area contributed by atoms with Crippen LogP contribution in [-0.4, -0.2) is 49.2 Å². The maximum atomic E-state index is 12.7. The van der Waals surface area contributed by atoms with Crippen LogP contribution in [0.2, 0.25) is 0 Å². The molecule has 0 radical (unpaired) electrons. The third kappa shape index (κ3) is 5.29. The van der Waals surface area contributed by atoms with E-state index in [0.717, 1.165) is 28.4 Å². The Labute approximate surface area is 177 Å². The maximum Gasteiger partial charge on any atom is 0.305 e. The number of esters is 1. The zero-order valence-corrected chi connectivity index (χ0v) is 18.1. The van der Waals surface area contributed by atoms with E-state index < -0.39 is 0 Å². The number of rotatable bonds is 8. The Morgan fingerprint density at radius 2 is 1.87 bits per heavy atom. The Hall–Kier alpha value is -3.53. The molecule has 158 valence electrons. The Morgan fingerprint density at radius 1 is 1.20 bits per heavy atom. The van der Waals surface area contributed by atoms with Gasteiger partial charge in [0.1, 0.15) is 17.4 Å². The summed E-state index contributed by atoms with van der Waals surface area (Å²) in [5.41, 5.74) is 3.73. The molecular formula is C23H27N3O4. The van der Waals surface area contributed by atoms with E-state index in [1.165, 1.54) is 12.0 Å². The van der Waals surface area contributed by atoms with Crippen molar-refractivity contribution in [2.75, 3.05) is 27.8 Å². The number of amides is 1. The lowest BCUT2D eigenvalue weighted by molar-refractivity contribution is -0.141. The summed E-state index contributed by atoms with van der Waals surface area (Å²) in [6.45, 7) is 4.28. The van der Waals surface area contributed by atoms with E-state index in [-0.39, 0.29) is 23.9 Å². The molecule has 0 fully saturated rings. The molecule has 0 aliphatic rings. The molecule has 0 spiro atoms. The second-order valence-corrected chi connectivity index (χ2v) is 6.94. The quantitative estimate of drug-likeness (QED) is 0.379. The maximum absolute atomic E-state index is 12.7. The molecule has 0 saturated heterocycles. The fraction of sp³-hybridized carbons (Fsp3) is 0.348. The number of likely N-dealkylation sites (N-methyl/N-ethyl adjacent to an activating group) is 1. The molecule has 30 heavy (non-hydrogen) atoms. The van der Waals surface area contributed by atoms with Gasteiger partial charge in [0.2, 0.25) is 0 Å². The van der Waals surface area contributed by atoms with Crippen molar-refractivity contribution in [2.45, 2.75) is 26.7 Å². The van der Waals surface area contributed by atoms with Crippen molar-refractivity contribution in [3.8, 4) is 17.5 Å². The van der Waals surface area contributed by atoms with Crippen molar-refractivity contribution in [3.63, 3.8) is 0 Å². The SMILES string of the molecule is COC(=O)CCCN(C)C(=O)/C(C#N)=C/c1cc(C)n(-c2ccc(OC)cc2)c1C. The van der Waals surface area contributed by atoms with Crippen LogP contribution in [0.25, 0.3) is 11.8 Å². The summed E-state index contributed by atoms with van der Waals surface area (Å²) >= 11 is 0. The van der Waals surface area contributed by atoms with Gasteiger partial charge in [0.05, 0.1) is 14.2 Å². The van der Waals surface area contributed by atoms with Crippen molar-refractivity contribution in [1.82, 2.24) is 9.47 Å².